The summed E-state index contributed by atoms with van der Waals surface area (Å²) in [6.07, 6.45) is 3.31. The Hall–Kier alpha value is -2.30. The molecule has 0 spiro atoms. The molecular weight excluding hydrogens is 190 g/mol. The molecule has 0 aliphatic heterocycles. The number of pyridine rings is 1. The topological polar surface area (TPSA) is 56.0 Å². The Bertz CT molecular complexity index is 587. The molecule has 0 saturated heterocycles. The van der Waals surface area contributed by atoms with Crippen LogP contribution in [0.3, 0.4) is 0 Å². The molecule has 15 heavy (non-hydrogen) atoms. The van der Waals surface area contributed by atoms with E-state index in [4.69, 9.17) is 0 Å². The normalized spacial score (nSPS) is 10.7. The van der Waals surface area contributed by atoms with Gasteiger partial charge in [-0.05, 0) is 24.3 Å². The summed E-state index contributed by atoms with van der Waals surface area (Å²) < 4.78 is 1.63. The molecule has 0 aliphatic carbocycles. The monoisotopic (exact) mass is 197 g/mol. The lowest BCUT2D eigenvalue weighted by atomic mass is 10.2. The summed E-state index contributed by atoms with van der Waals surface area (Å²) in [6.45, 7) is 0. The molecule has 0 amide bonds. The molecule has 3 heterocycles. The highest BCUT2D eigenvalue weighted by Crippen LogP contribution is 2.12. The third-order valence-corrected chi connectivity index (χ3v) is 2.09. The van der Waals surface area contributed by atoms with Crippen molar-refractivity contribution in [3.8, 4) is 11.4 Å². The second kappa shape index (κ2) is 3.13. The van der Waals surface area contributed by atoms with Gasteiger partial charge in [-0.2, -0.15) is 9.61 Å². The number of nitrogens with zero attached hydrogens (tertiary/aromatic N) is 5. The molecule has 5 heteroatoms. The Morgan fingerprint density at radius 3 is 2.87 bits per heavy atom. The fourth-order valence-electron chi connectivity index (χ4n) is 1.38. The van der Waals surface area contributed by atoms with Crippen LogP contribution in [0.4, 0.5) is 0 Å². The second-order valence-electron chi connectivity index (χ2n) is 3.07. The number of hydrogen-bond donors (Lipinski definition) is 0. The fourth-order valence-corrected chi connectivity index (χ4v) is 1.38. The van der Waals surface area contributed by atoms with Crippen molar-refractivity contribution in [2.24, 2.45) is 0 Å². The Morgan fingerprint density at radius 2 is 2.00 bits per heavy atom. The van der Waals surface area contributed by atoms with Gasteiger partial charge in [0.2, 0.25) is 0 Å². The molecule has 3 aromatic heterocycles. The molecule has 0 aliphatic rings. The Labute approximate surface area is 85.4 Å². The maximum atomic E-state index is 4.33. The first kappa shape index (κ1) is 8.05. The summed E-state index contributed by atoms with van der Waals surface area (Å²) in [4.78, 5) is 4.22. The minimum atomic E-state index is 0.731. The van der Waals surface area contributed by atoms with E-state index in [2.05, 4.69) is 20.3 Å². The molecule has 0 atom stereocenters. The number of rotatable bonds is 1. The summed E-state index contributed by atoms with van der Waals surface area (Å²) >= 11 is 0. The summed E-state index contributed by atoms with van der Waals surface area (Å²) in [7, 11) is 0. The molecular formula is C10H7N5. The minimum absolute atomic E-state index is 0.731. The van der Waals surface area contributed by atoms with Gasteiger partial charge in [0.15, 0.2) is 5.65 Å². The van der Waals surface area contributed by atoms with Gasteiger partial charge in [0, 0.05) is 6.20 Å². The van der Waals surface area contributed by atoms with Crippen LogP contribution in [-0.2, 0) is 0 Å². The van der Waals surface area contributed by atoms with E-state index >= 15 is 0 Å². The molecule has 5 nitrogen and oxygen atoms in total. The summed E-state index contributed by atoms with van der Waals surface area (Å²) in [6, 6.07) is 9.47. The lowest BCUT2D eigenvalue weighted by Gasteiger charge is -1.98. The van der Waals surface area contributed by atoms with E-state index in [1.54, 1.807) is 17.0 Å². The van der Waals surface area contributed by atoms with E-state index in [0.29, 0.717) is 0 Å². The SMILES string of the molecule is c1ccc(-c2ccc3nncn3n2)nc1. The van der Waals surface area contributed by atoms with Gasteiger partial charge in [0.25, 0.3) is 0 Å². The zero-order valence-electron chi connectivity index (χ0n) is 7.78. The Balaban J connectivity index is 2.19. The third-order valence-electron chi connectivity index (χ3n) is 2.09. The third kappa shape index (κ3) is 1.34. The maximum Gasteiger partial charge on any atom is 0.177 e. The predicted molar refractivity (Wildman–Crippen MR) is 54.0 cm³/mol. The van der Waals surface area contributed by atoms with Gasteiger partial charge in [0.05, 0.1) is 5.69 Å². The van der Waals surface area contributed by atoms with Gasteiger partial charge in [-0.3, -0.25) is 4.98 Å². The Kier molecular flexibility index (Phi) is 1.68. The second-order valence-corrected chi connectivity index (χ2v) is 3.07. The lowest BCUT2D eigenvalue weighted by Crippen LogP contribution is -1.94. The van der Waals surface area contributed by atoms with Crippen LogP contribution in [0.1, 0.15) is 0 Å². The van der Waals surface area contributed by atoms with Crippen LogP contribution >= 0.6 is 0 Å². The first-order valence-electron chi connectivity index (χ1n) is 4.52. The van der Waals surface area contributed by atoms with Crippen LogP contribution < -0.4 is 0 Å². The molecule has 3 rings (SSSR count). The highest BCUT2D eigenvalue weighted by atomic mass is 15.3. The molecule has 0 saturated carbocycles. The highest BCUT2D eigenvalue weighted by Gasteiger charge is 2.02. The first-order valence-corrected chi connectivity index (χ1v) is 4.52. The standard InChI is InChI=1S/C10H7N5/c1-2-6-11-8(3-1)9-4-5-10-13-12-7-15(10)14-9/h1-7H. The Morgan fingerprint density at radius 1 is 1.00 bits per heavy atom. The van der Waals surface area contributed by atoms with Crippen LogP contribution in [0.5, 0.6) is 0 Å². The van der Waals surface area contributed by atoms with Gasteiger partial charge in [-0.25, -0.2) is 0 Å². The number of fused-ring (bicyclic) bond motifs is 1. The molecule has 0 fully saturated rings. The molecule has 3 aromatic rings. The lowest BCUT2D eigenvalue weighted by molar-refractivity contribution is 0.928. The van der Waals surface area contributed by atoms with Crippen LogP contribution in [-0.4, -0.2) is 24.8 Å². The van der Waals surface area contributed by atoms with Crippen molar-refractivity contribution < 1.29 is 0 Å². The van der Waals surface area contributed by atoms with Gasteiger partial charge in [-0.15, -0.1) is 10.2 Å². The molecule has 0 aromatic carbocycles. The largest absolute Gasteiger partial charge is 0.255 e. The predicted octanol–water partition coefficient (Wildman–Crippen LogP) is 1.19. The van der Waals surface area contributed by atoms with E-state index in [9.17, 15) is 0 Å². The summed E-state index contributed by atoms with van der Waals surface area (Å²) in [5.41, 5.74) is 2.38. The molecule has 0 unspecified atom stereocenters. The van der Waals surface area contributed by atoms with E-state index in [1.165, 1.54) is 0 Å². The van der Waals surface area contributed by atoms with Crippen molar-refractivity contribution in [1.82, 2.24) is 24.8 Å². The van der Waals surface area contributed by atoms with Crippen LogP contribution in [0.25, 0.3) is 17.0 Å². The van der Waals surface area contributed by atoms with Crippen LogP contribution in [0, 0.1) is 0 Å². The van der Waals surface area contributed by atoms with E-state index < -0.39 is 0 Å². The zero-order valence-corrected chi connectivity index (χ0v) is 7.78. The quantitative estimate of drug-likeness (QED) is 0.588. The van der Waals surface area contributed by atoms with Crippen molar-refractivity contribution in [3.63, 3.8) is 0 Å². The maximum absolute atomic E-state index is 4.33. The summed E-state index contributed by atoms with van der Waals surface area (Å²) in [5.74, 6) is 0. The van der Waals surface area contributed by atoms with Crippen molar-refractivity contribution in [2.75, 3.05) is 0 Å². The number of hydrogen-bond acceptors (Lipinski definition) is 4. The van der Waals surface area contributed by atoms with Gasteiger partial charge in [-0.1, -0.05) is 6.07 Å². The van der Waals surface area contributed by atoms with E-state index in [1.807, 2.05) is 30.3 Å². The molecule has 0 bridgehead atoms. The first-order chi connectivity index (χ1) is 7.43. The van der Waals surface area contributed by atoms with Gasteiger partial charge in [0.1, 0.15) is 12.0 Å². The van der Waals surface area contributed by atoms with Crippen LogP contribution in [0.2, 0.25) is 0 Å². The van der Waals surface area contributed by atoms with E-state index in [-0.39, 0.29) is 0 Å². The van der Waals surface area contributed by atoms with Crippen LogP contribution in [0.15, 0.2) is 42.9 Å². The fraction of sp³-hybridized carbons (Fsp3) is 0. The summed E-state index contributed by atoms with van der Waals surface area (Å²) in [5, 5.41) is 12.0. The van der Waals surface area contributed by atoms with Crippen molar-refractivity contribution in [3.05, 3.63) is 42.9 Å². The number of aromatic nitrogens is 5. The average Bonchev–Trinajstić information content (AvgIpc) is 2.77. The zero-order chi connectivity index (χ0) is 10.1. The highest BCUT2D eigenvalue weighted by molar-refractivity contribution is 5.55. The van der Waals surface area contributed by atoms with Crippen molar-refractivity contribution in [1.29, 1.82) is 0 Å². The van der Waals surface area contributed by atoms with E-state index in [0.717, 1.165) is 17.0 Å². The average molecular weight is 197 g/mol. The minimum Gasteiger partial charge on any atom is -0.255 e. The molecule has 0 N–H and O–H groups in total. The van der Waals surface area contributed by atoms with Gasteiger partial charge < -0.3 is 0 Å². The molecule has 72 valence electrons. The van der Waals surface area contributed by atoms with Crippen molar-refractivity contribution >= 4 is 5.65 Å². The van der Waals surface area contributed by atoms with Crippen molar-refractivity contribution in [2.45, 2.75) is 0 Å². The smallest absolute Gasteiger partial charge is 0.177 e. The van der Waals surface area contributed by atoms with Gasteiger partial charge >= 0.3 is 0 Å². The molecule has 0 radical (unpaired) electrons.